The summed E-state index contributed by atoms with van der Waals surface area (Å²) in [6.45, 7) is 1.88. The third-order valence-corrected chi connectivity index (χ3v) is 3.92. The maximum atomic E-state index is 10.2. The monoisotopic (exact) mass is 233 g/mol. The lowest BCUT2D eigenvalue weighted by Crippen LogP contribution is -2.16. The van der Waals surface area contributed by atoms with Gasteiger partial charge < -0.3 is 10.2 Å². The van der Waals surface area contributed by atoms with Gasteiger partial charge in [0.05, 0.1) is 15.6 Å². The van der Waals surface area contributed by atoms with Crippen LogP contribution < -0.4 is 0 Å². The molecule has 0 saturated carbocycles. The first kappa shape index (κ1) is 9.96. The minimum Gasteiger partial charge on any atom is -0.383 e. The summed E-state index contributed by atoms with van der Waals surface area (Å²) in [5.41, 5.74) is 2.15. The summed E-state index contributed by atoms with van der Waals surface area (Å²) in [6.07, 6.45) is -1.36. The molecule has 2 N–H and O–H groups in total. The van der Waals surface area contributed by atoms with Crippen LogP contribution in [0.15, 0.2) is 24.3 Å². The van der Waals surface area contributed by atoms with E-state index in [1.54, 1.807) is 0 Å². The molecule has 3 rings (SSSR count). The van der Waals surface area contributed by atoms with E-state index in [0.717, 1.165) is 21.0 Å². The van der Waals surface area contributed by atoms with Crippen LogP contribution in [0.3, 0.4) is 0 Å². The molecule has 2 atom stereocenters. The molecule has 1 aromatic heterocycles. The fourth-order valence-corrected chi connectivity index (χ4v) is 3.11. The Morgan fingerprint density at radius 2 is 1.75 bits per heavy atom. The first-order valence-corrected chi connectivity index (χ1v) is 5.92. The molecule has 16 heavy (non-hydrogen) atoms. The van der Waals surface area contributed by atoms with Crippen LogP contribution in [0.1, 0.15) is 38.9 Å². The number of hydrogen-bond acceptors (Lipinski definition) is 4. The van der Waals surface area contributed by atoms with Gasteiger partial charge in [-0.05, 0) is 18.1 Å². The molecule has 0 aliphatic heterocycles. The van der Waals surface area contributed by atoms with Crippen LogP contribution in [0.5, 0.6) is 0 Å². The Morgan fingerprint density at radius 1 is 1.12 bits per heavy atom. The number of hydrogen-bond donors (Lipinski definition) is 2. The number of benzene rings is 1. The lowest BCUT2D eigenvalue weighted by molar-refractivity contribution is 0.173. The van der Waals surface area contributed by atoms with Crippen LogP contribution in [0.25, 0.3) is 0 Å². The van der Waals surface area contributed by atoms with Crippen molar-refractivity contribution < 1.29 is 10.2 Å². The second-order valence-electron chi connectivity index (χ2n) is 3.92. The average Bonchev–Trinajstić information content (AvgIpc) is 2.68. The lowest BCUT2D eigenvalue weighted by atomic mass is 9.89. The van der Waals surface area contributed by atoms with Gasteiger partial charge >= 0.3 is 0 Å². The zero-order valence-electron chi connectivity index (χ0n) is 8.71. The Kier molecular flexibility index (Phi) is 2.10. The standard InChI is InChI=1S/C12H11NO2S/c1-6-13-9-10(14)7-4-2-3-5-8(7)11(15)12(9)16-6/h2-5,10-11,14-15H,1H3. The van der Waals surface area contributed by atoms with Gasteiger partial charge in [0, 0.05) is 0 Å². The van der Waals surface area contributed by atoms with Gasteiger partial charge in [0.2, 0.25) is 0 Å². The van der Waals surface area contributed by atoms with E-state index in [2.05, 4.69) is 4.98 Å². The van der Waals surface area contributed by atoms with Crippen molar-refractivity contribution in [1.29, 1.82) is 0 Å². The Bertz CT molecular complexity index is 503. The molecule has 0 saturated heterocycles. The minimum absolute atomic E-state index is 0.605. The minimum atomic E-state index is -0.709. The van der Waals surface area contributed by atoms with Crippen molar-refractivity contribution >= 4 is 11.3 Å². The zero-order valence-corrected chi connectivity index (χ0v) is 9.53. The van der Waals surface area contributed by atoms with Gasteiger partial charge in [-0.1, -0.05) is 24.3 Å². The van der Waals surface area contributed by atoms with Crippen molar-refractivity contribution in [2.75, 3.05) is 0 Å². The molecule has 1 aliphatic rings. The van der Waals surface area contributed by atoms with Crippen LogP contribution in [-0.2, 0) is 0 Å². The van der Waals surface area contributed by atoms with Crippen LogP contribution in [0.4, 0.5) is 0 Å². The molecule has 2 unspecified atom stereocenters. The van der Waals surface area contributed by atoms with Crippen LogP contribution in [-0.4, -0.2) is 15.2 Å². The molecule has 0 fully saturated rings. The van der Waals surface area contributed by atoms with Gasteiger partial charge in [-0.15, -0.1) is 11.3 Å². The number of aryl methyl sites for hydroxylation is 1. The van der Waals surface area contributed by atoms with Crippen LogP contribution >= 0.6 is 11.3 Å². The summed E-state index contributed by atoms with van der Waals surface area (Å²) in [6, 6.07) is 7.41. The fraction of sp³-hybridized carbons (Fsp3) is 0.250. The van der Waals surface area contributed by atoms with Crippen molar-refractivity contribution in [2.24, 2.45) is 0 Å². The van der Waals surface area contributed by atoms with E-state index < -0.39 is 12.2 Å². The highest BCUT2D eigenvalue weighted by molar-refractivity contribution is 7.11. The van der Waals surface area contributed by atoms with Gasteiger partial charge in [-0.25, -0.2) is 4.98 Å². The molecule has 4 heteroatoms. The smallest absolute Gasteiger partial charge is 0.123 e. The van der Waals surface area contributed by atoms with Gasteiger partial charge in [0.25, 0.3) is 0 Å². The topological polar surface area (TPSA) is 53.4 Å². The van der Waals surface area contributed by atoms with Crippen LogP contribution in [0.2, 0.25) is 0 Å². The molecule has 0 radical (unpaired) electrons. The van der Waals surface area contributed by atoms with Gasteiger partial charge in [0.15, 0.2) is 0 Å². The summed E-state index contributed by atoms with van der Waals surface area (Å²) in [7, 11) is 0. The largest absolute Gasteiger partial charge is 0.383 e. The molecule has 2 aromatic rings. The van der Waals surface area contributed by atoms with Gasteiger partial charge in [0.1, 0.15) is 12.2 Å². The quantitative estimate of drug-likeness (QED) is 0.731. The summed E-state index contributed by atoms with van der Waals surface area (Å²) in [4.78, 5) is 5.06. The summed E-state index contributed by atoms with van der Waals surface area (Å²) in [5.74, 6) is 0. The molecule has 1 aromatic carbocycles. The highest BCUT2D eigenvalue weighted by atomic mass is 32.1. The van der Waals surface area contributed by atoms with Crippen molar-refractivity contribution in [3.63, 3.8) is 0 Å². The first-order chi connectivity index (χ1) is 7.68. The predicted octanol–water partition coefficient (Wildman–Crippen LogP) is 1.93. The third kappa shape index (κ3) is 1.24. The maximum Gasteiger partial charge on any atom is 0.123 e. The molecule has 3 nitrogen and oxygen atoms in total. The highest BCUT2D eigenvalue weighted by Crippen LogP contribution is 2.42. The lowest BCUT2D eigenvalue weighted by Gasteiger charge is -2.24. The summed E-state index contributed by atoms with van der Waals surface area (Å²) < 4.78 is 0. The molecule has 0 bridgehead atoms. The number of aliphatic hydroxyl groups is 2. The molecular weight excluding hydrogens is 222 g/mol. The fourth-order valence-electron chi connectivity index (χ4n) is 2.15. The molecule has 1 heterocycles. The summed E-state index contributed by atoms with van der Waals surface area (Å²) >= 11 is 1.44. The number of nitrogens with zero attached hydrogens (tertiary/aromatic N) is 1. The third-order valence-electron chi connectivity index (χ3n) is 2.88. The normalized spacial score (nSPS) is 22.7. The van der Waals surface area contributed by atoms with E-state index in [4.69, 9.17) is 0 Å². The van der Waals surface area contributed by atoms with Crippen molar-refractivity contribution in [1.82, 2.24) is 4.98 Å². The molecule has 0 amide bonds. The zero-order chi connectivity index (χ0) is 11.3. The van der Waals surface area contributed by atoms with E-state index in [-0.39, 0.29) is 0 Å². The molecule has 0 spiro atoms. The van der Waals surface area contributed by atoms with E-state index in [9.17, 15) is 10.2 Å². The predicted molar refractivity (Wildman–Crippen MR) is 61.4 cm³/mol. The van der Waals surface area contributed by atoms with Gasteiger partial charge in [-0.2, -0.15) is 0 Å². The molecule has 1 aliphatic carbocycles. The Morgan fingerprint density at radius 3 is 2.44 bits per heavy atom. The van der Waals surface area contributed by atoms with E-state index in [1.165, 1.54) is 11.3 Å². The maximum absolute atomic E-state index is 10.2. The highest BCUT2D eigenvalue weighted by Gasteiger charge is 2.32. The molecule has 82 valence electrons. The number of aliphatic hydroxyl groups excluding tert-OH is 2. The number of rotatable bonds is 0. The average molecular weight is 233 g/mol. The van der Waals surface area contributed by atoms with Crippen molar-refractivity contribution in [2.45, 2.75) is 19.1 Å². The van der Waals surface area contributed by atoms with E-state index in [0.29, 0.717) is 5.69 Å². The number of fused-ring (bicyclic) bond motifs is 2. The SMILES string of the molecule is Cc1nc2c(s1)C(O)c1ccccc1C2O. The van der Waals surface area contributed by atoms with E-state index >= 15 is 0 Å². The summed E-state index contributed by atoms with van der Waals surface area (Å²) in [5, 5.41) is 21.3. The Labute approximate surface area is 97.0 Å². The first-order valence-electron chi connectivity index (χ1n) is 5.10. The second-order valence-corrected chi connectivity index (χ2v) is 5.15. The van der Waals surface area contributed by atoms with Gasteiger partial charge in [-0.3, -0.25) is 0 Å². The number of aromatic nitrogens is 1. The second kappa shape index (κ2) is 3.38. The Hall–Kier alpha value is -1.23. The van der Waals surface area contributed by atoms with Crippen LogP contribution in [0, 0.1) is 6.92 Å². The van der Waals surface area contributed by atoms with Crippen molar-refractivity contribution in [3.8, 4) is 0 Å². The van der Waals surface area contributed by atoms with E-state index in [1.807, 2.05) is 31.2 Å². The number of thiazole rings is 1. The Balaban J connectivity index is 2.25. The van der Waals surface area contributed by atoms with Crippen molar-refractivity contribution in [3.05, 3.63) is 51.0 Å². The molecular formula is C12H11NO2S.